The Morgan fingerprint density at radius 1 is 0.955 bits per heavy atom. The quantitative estimate of drug-likeness (QED) is 0.582. The molecule has 5 aliphatic rings. The molecule has 1 heterocycles. The molecule has 0 unspecified atom stereocenters. The molecule has 1 aliphatic heterocycles. The monoisotopic (exact) mass is 333 g/mol. The summed E-state index contributed by atoms with van der Waals surface area (Å²) in [5.41, 5.74) is 0.462. The molecule has 2 amide bonds. The molecule has 6 rings (SSSR count). The molecule has 1 aromatic rings. The zero-order valence-corrected chi connectivity index (χ0v) is 13.1. The van der Waals surface area contributed by atoms with Crippen molar-refractivity contribution in [2.45, 2.75) is 6.42 Å². The van der Waals surface area contributed by atoms with Gasteiger partial charge >= 0.3 is 0 Å². The zero-order valence-electron chi connectivity index (χ0n) is 11.6. The van der Waals surface area contributed by atoms with Crippen LogP contribution in [-0.2, 0) is 9.59 Å². The summed E-state index contributed by atoms with van der Waals surface area (Å²) in [5.74, 6) is 1.09. The van der Waals surface area contributed by atoms with Gasteiger partial charge < -0.3 is 0 Å². The highest BCUT2D eigenvalue weighted by molar-refractivity contribution is 6.38. The molecule has 2 bridgehead atoms. The summed E-state index contributed by atoms with van der Waals surface area (Å²) in [4.78, 5) is 27.1. The number of imide groups is 1. The van der Waals surface area contributed by atoms with Gasteiger partial charge in [-0.3, -0.25) is 9.59 Å². The summed E-state index contributed by atoms with van der Waals surface area (Å²) >= 11 is 12.1. The minimum absolute atomic E-state index is 0.0936. The van der Waals surface area contributed by atoms with E-state index in [2.05, 4.69) is 12.2 Å². The third-order valence-corrected chi connectivity index (χ3v) is 6.35. The molecule has 0 radical (unpaired) electrons. The fourth-order valence-corrected chi connectivity index (χ4v) is 5.35. The van der Waals surface area contributed by atoms with Crippen LogP contribution in [0.15, 0.2) is 30.4 Å². The second-order valence-electron chi connectivity index (χ2n) is 6.76. The van der Waals surface area contributed by atoms with Crippen LogP contribution < -0.4 is 4.90 Å². The van der Waals surface area contributed by atoms with Crippen LogP contribution in [0.1, 0.15) is 6.42 Å². The number of rotatable bonds is 1. The van der Waals surface area contributed by atoms with E-state index in [9.17, 15) is 9.59 Å². The van der Waals surface area contributed by atoms with Crippen LogP contribution in [0.5, 0.6) is 0 Å². The molecule has 1 saturated heterocycles. The minimum atomic E-state index is -0.196. The third kappa shape index (κ3) is 1.49. The molecular weight excluding hydrogens is 321 g/mol. The number of hydrogen-bond acceptors (Lipinski definition) is 2. The average molecular weight is 334 g/mol. The van der Waals surface area contributed by atoms with Crippen molar-refractivity contribution in [1.29, 1.82) is 0 Å². The minimum Gasteiger partial charge on any atom is -0.274 e. The Morgan fingerprint density at radius 2 is 1.55 bits per heavy atom. The number of halogens is 2. The highest BCUT2D eigenvalue weighted by atomic mass is 35.5. The number of hydrogen-bond donors (Lipinski definition) is 0. The van der Waals surface area contributed by atoms with Crippen molar-refractivity contribution < 1.29 is 9.59 Å². The van der Waals surface area contributed by atoms with Crippen molar-refractivity contribution in [3.05, 3.63) is 40.4 Å². The lowest BCUT2D eigenvalue weighted by Gasteiger charge is -2.37. The van der Waals surface area contributed by atoms with Gasteiger partial charge in [0.25, 0.3) is 0 Å². The van der Waals surface area contributed by atoms with E-state index in [1.165, 1.54) is 4.90 Å². The second-order valence-corrected chi connectivity index (χ2v) is 7.61. The fraction of sp³-hybridized carbons (Fsp3) is 0.412. The van der Waals surface area contributed by atoms with Crippen molar-refractivity contribution in [3.63, 3.8) is 0 Å². The van der Waals surface area contributed by atoms with Crippen LogP contribution in [0.4, 0.5) is 5.69 Å². The van der Waals surface area contributed by atoms with Crippen molar-refractivity contribution in [2.75, 3.05) is 4.90 Å². The van der Waals surface area contributed by atoms with E-state index < -0.39 is 0 Å². The van der Waals surface area contributed by atoms with E-state index in [0.717, 1.165) is 6.42 Å². The van der Waals surface area contributed by atoms with Gasteiger partial charge in [-0.1, -0.05) is 35.4 Å². The number of amides is 2. The predicted molar refractivity (Wildman–Crippen MR) is 83.7 cm³/mol. The smallest absolute Gasteiger partial charge is 0.238 e. The van der Waals surface area contributed by atoms with Gasteiger partial charge in [-0.05, 0) is 48.3 Å². The lowest BCUT2D eigenvalue weighted by atomic mass is 9.63. The molecular formula is C17H13Cl2NO2. The van der Waals surface area contributed by atoms with E-state index in [4.69, 9.17) is 23.2 Å². The lowest BCUT2D eigenvalue weighted by molar-refractivity contribution is -0.124. The van der Waals surface area contributed by atoms with E-state index in [-0.39, 0.29) is 35.5 Å². The second kappa shape index (κ2) is 4.15. The number of carbonyl (C=O) groups excluding carboxylic acids is 2. The van der Waals surface area contributed by atoms with Gasteiger partial charge in [-0.2, -0.15) is 0 Å². The Hall–Kier alpha value is -1.32. The molecule has 5 heteroatoms. The van der Waals surface area contributed by atoms with Crippen molar-refractivity contribution >= 4 is 40.7 Å². The molecule has 0 spiro atoms. The number of allylic oxidation sites excluding steroid dienone is 2. The molecule has 4 aliphatic carbocycles. The largest absolute Gasteiger partial charge is 0.274 e. The van der Waals surface area contributed by atoms with E-state index >= 15 is 0 Å². The highest BCUT2D eigenvalue weighted by Gasteiger charge is 2.67. The van der Waals surface area contributed by atoms with Crippen LogP contribution in [0, 0.1) is 35.5 Å². The van der Waals surface area contributed by atoms with Gasteiger partial charge in [0.05, 0.1) is 22.5 Å². The van der Waals surface area contributed by atoms with Crippen molar-refractivity contribution in [1.82, 2.24) is 0 Å². The van der Waals surface area contributed by atoms with Gasteiger partial charge in [-0.15, -0.1) is 0 Å². The van der Waals surface area contributed by atoms with Gasteiger partial charge in [0.2, 0.25) is 11.8 Å². The summed E-state index contributed by atoms with van der Waals surface area (Å²) in [5, 5.41) is 0.839. The number of carbonyl (C=O) groups is 2. The maximum absolute atomic E-state index is 12.9. The molecule has 6 atom stereocenters. The van der Waals surface area contributed by atoms with Gasteiger partial charge in [0.1, 0.15) is 0 Å². The molecule has 22 heavy (non-hydrogen) atoms. The number of benzene rings is 1. The van der Waals surface area contributed by atoms with Crippen LogP contribution in [0.2, 0.25) is 10.0 Å². The molecule has 0 N–H and O–H groups in total. The normalized spacial score (nSPS) is 40.9. The Balaban J connectivity index is 1.60. The van der Waals surface area contributed by atoms with Crippen LogP contribution in [0.25, 0.3) is 0 Å². The SMILES string of the molecule is O=C1[C@@H]2[C@H]3C=C[C@@H]([C@@H]4C[C@H]34)[C@H]2C(=O)N1c1ccc(Cl)cc1Cl. The molecule has 2 saturated carbocycles. The van der Waals surface area contributed by atoms with E-state index in [1.807, 2.05) is 0 Å². The molecule has 3 fully saturated rings. The molecule has 0 aromatic heterocycles. The number of anilines is 1. The Kier molecular flexibility index (Phi) is 2.48. The first-order chi connectivity index (χ1) is 10.6. The molecule has 3 nitrogen and oxygen atoms in total. The first-order valence-electron chi connectivity index (χ1n) is 7.59. The Labute approximate surface area is 137 Å². The van der Waals surface area contributed by atoms with Crippen LogP contribution >= 0.6 is 23.2 Å². The summed E-state index contributed by atoms with van der Waals surface area (Å²) in [7, 11) is 0. The summed E-state index contributed by atoms with van der Waals surface area (Å²) in [6, 6.07) is 4.90. The molecule has 112 valence electrons. The van der Waals surface area contributed by atoms with Crippen LogP contribution in [0.3, 0.4) is 0 Å². The van der Waals surface area contributed by atoms with E-state index in [0.29, 0.717) is 27.6 Å². The predicted octanol–water partition coefficient (Wildman–Crippen LogP) is 3.55. The fourth-order valence-electron chi connectivity index (χ4n) is 4.86. The molecule has 1 aromatic carbocycles. The average Bonchev–Trinajstić information content (AvgIpc) is 3.26. The first kappa shape index (κ1) is 13.1. The number of nitrogens with zero attached hydrogens (tertiary/aromatic N) is 1. The zero-order chi connectivity index (χ0) is 15.2. The lowest BCUT2D eigenvalue weighted by Crippen LogP contribution is -2.40. The van der Waals surface area contributed by atoms with Crippen molar-refractivity contribution in [2.24, 2.45) is 35.5 Å². The van der Waals surface area contributed by atoms with Crippen LogP contribution in [-0.4, -0.2) is 11.8 Å². The Bertz CT molecular complexity index is 723. The highest BCUT2D eigenvalue weighted by Crippen LogP contribution is 2.65. The summed E-state index contributed by atoms with van der Waals surface area (Å²) in [6.45, 7) is 0. The topological polar surface area (TPSA) is 37.4 Å². The summed E-state index contributed by atoms with van der Waals surface area (Å²) < 4.78 is 0. The van der Waals surface area contributed by atoms with Gasteiger partial charge in [0.15, 0.2) is 0 Å². The summed E-state index contributed by atoms with van der Waals surface area (Å²) in [6.07, 6.45) is 5.49. The van der Waals surface area contributed by atoms with E-state index in [1.54, 1.807) is 18.2 Å². The van der Waals surface area contributed by atoms with Gasteiger partial charge in [0, 0.05) is 5.02 Å². The Morgan fingerprint density at radius 3 is 2.09 bits per heavy atom. The van der Waals surface area contributed by atoms with Crippen molar-refractivity contribution in [3.8, 4) is 0 Å². The first-order valence-corrected chi connectivity index (χ1v) is 8.34. The van der Waals surface area contributed by atoms with Gasteiger partial charge in [-0.25, -0.2) is 4.90 Å². The standard InChI is InChI=1S/C17H13Cl2NO2/c18-7-1-4-13(12(19)5-7)20-16(21)14-8-2-3-9(11-6-10(8)11)15(14)17(20)22/h1-5,8-11,14-15H,6H2/t8-,9-,10-,11+,14+,15+/m0/s1. The third-order valence-electron chi connectivity index (χ3n) is 5.81. The maximum atomic E-state index is 12.9. The maximum Gasteiger partial charge on any atom is 0.238 e.